The SMILES string of the molecule is CCCCNC(=O)NC(=O)C[NH+]1CCN(S(=O)(=O)c2ccc3c(c2)CCC3)CC1. The second-order valence-corrected chi connectivity index (χ2v) is 9.71. The van der Waals surface area contributed by atoms with Gasteiger partial charge in [0.25, 0.3) is 5.91 Å². The lowest BCUT2D eigenvalue weighted by Crippen LogP contribution is -3.15. The molecule has 2 aliphatic rings. The Labute approximate surface area is 172 Å². The van der Waals surface area contributed by atoms with Gasteiger partial charge in [-0.05, 0) is 48.9 Å². The zero-order valence-electron chi connectivity index (χ0n) is 17.0. The lowest BCUT2D eigenvalue weighted by molar-refractivity contribution is -0.895. The third-order valence-corrected chi connectivity index (χ3v) is 7.51. The van der Waals surface area contributed by atoms with Crippen LogP contribution < -0.4 is 15.5 Å². The lowest BCUT2D eigenvalue weighted by atomic mass is 10.1. The Morgan fingerprint density at radius 3 is 2.59 bits per heavy atom. The van der Waals surface area contributed by atoms with Crippen LogP contribution in [0, 0.1) is 0 Å². The highest BCUT2D eigenvalue weighted by Gasteiger charge is 2.32. The van der Waals surface area contributed by atoms with Crippen molar-refractivity contribution in [2.45, 2.75) is 43.9 Å². The number of rotatable bonds is 7. The van der Waals surface area contributed by atoms with Gasteiger partial charge in [0.15, 0.2) is 6.54 Å². The van der Waals surface area contributed by atoms with E-state index in [1.165, 1.54) is 9.87 Å². The van der Waals surface area contributed by atoms with Crippen molar-refractivity contribution < 1.29 is 22.9 Å². The van der Waals surface area contributed by atoms with Crippen molar-refractivity contribution in [3.8, 4) is 0 Å². The van der Waals surface area contributed by atoms with Gasteiger partial charge in [0.1, 0.15) is 0 Å². The molecule has 1 fully saturated rings. The fourth-order valence-corrected chi connectivity index (χ4v) is 5.39. The van der Waals surface area contributed by atoms with Crippen molar-refractivity contribution in [2.24, 2.45) is 0 Å². The highest BCUT2D eigenvalue weighted by molar-refractivity contribution is 7.89. The molecular weight excluding hydrogens is 392 g/mol. The molecule has 1 aromatic rings. The summed E-state index contributed by atoms with van der Waals surface area (Å²) in [4.78, 5) is 25.0. The number of aryl methyl sites for hydroxylation is 2. The van der Waals surface area contributed by atoms with Gasteiger partial charge in [-0.2, -0.15) is 4.31 Å². The molecule has 1 aliphatic carbocycles. The Bertz CT molecular complexity index is 848. The number of sulfonamides is 1. The van der Waals surface area contributed by atoms with Crippen LogP contribution in [0.15, 0.2) is 23.1 Å². The first-order valence-corrected chi connectivity index (χ1v) is 11.9. The number of urea groups is 1. The minimum absolute atomic E-state index is 0.161. The van der Waals surface area contributed by atoms with Gasteiger partial charge in [0, 0.05) is 6.54 Å². The van der Waals surface area contributed by atoms with Gasteiger partial charge in [-0.15, -0.1) is 0 Å². The number of fused-ring (bicyclic) bond motifs is 1. The number of amides is 3. The fraction of sp³-hybridized carbons (Fsp3) is 0.600. The Morgan fingerprint density at radius 1 is 1.14 bits per heavy atom. The molecule has 0 saturated carbocycles. The standard InChI is InChI=1S/C20H30N4O4S/c1-2-3-9-21-20(26)22-19(25)15-23-10-12-24(13-11-23)29(27,28)18-8-7-16-5-4-6-17(16)14-18/h7-8,14H,2-6,9-13,15H2,1H3,(H2,21,22,25,26)/p+1. The Morgan fingerprint density at radius 2 is 1.86 bits per heavy atom. The molecule has 0 atom stereocenters. The summed E-state index contributed by atoms with van der Waals surface area (Å²) < 4.78 is 27.4. The molecule has 0 bridgehead atoms. The first-order chi connectivity index (χ1) is 13.9. The highest BCUT2D eigenvalue weighted by Crippen LogP contribution is 2.26. The van der Waals surface area contributed by atoms with E-state index in [4.69, 9.17) is 0 Å². The number of quaternary nitrogens is 1. The molecule has 0 unspecified atom stereocenters. The number of piperazine rings is 1. The number of carbonyl (C=O) groups excluding carboxylic acids is 2. The first-order valence-electron chi connectivity index (χ1n) is 10.4. The molecule has 0 aromatic heterocycles. The number of hydrogen-bond donors (Lipinski definition) is 3. The number of unbranched alkanes of at least 4 members (excludes halogenated alkanes) is 1. The van der Waals surface area contributed by atoms with E-state index in [1.807, 2.05) is 19.1 Å². The van der Waals surface area contributed by atoms with Crippen LogP contribution >= 0.6 is 0 Å². The minimum Gasteiger partial charge on any atom is -0.338 e. The zero-order valence-corrected chi connectivity index (χ0v) is 17.8. The van der Waals surface area contributed by atoms with Gasteiger partial charge in [0.05, 0.1) is 31.1 Å². The summed E-state index contributed by atoms with van der Waals surface area (Å²) in [5.74, 6) is -0.344. The molecule has 1 heterocycles. The predicted molar refractivity (Wildman–Crippen MR) is 109 cm³/mol. The minimum atomic E-state index is -3.51. The molecule has 8 nitrogen and oxygen atoms in total. The third kappa shape index (κ3) is 5.55. The van der Waals surface area contributed by atoms with Crippen LogP contribution in [0.1, 0.15) is 37.3 Å². The number of benzene rings is 1. The number of nitrogens with zero attached hydrogens (tertiary/aromatic N) is 1. The molecule has 1 aromatic carbocycles. The van der Waals surface area contributed by atoms with Crippen LogP contribution in [0.4, 0.5) is 4.79 Å². The predicted octanol–water partition coefficient (Wildman–Crippen LogP) is -0.310. The highest BCUT2D eigenvalue weighted by atomic mass is 32.2. The topological polar surface area (TPSA) is 100 Å². The molecule has 160 valence electrons. The molecular formula is C20H31N4O4S+. The van der Waals surface area contributed by atoms with Gasteiger partial charge in [-0.1, -0.05) is 19.4 Å². The molecule has 0 radical (unpaired) electrons. The van der Waals surface area contributed by atoms with Crippen molar-refractivity contribution in [1.29, 1.82) is 0 Å². The monoisotopic (exact) mass is 423 g/mol. The smallest absolute Gasteiger partial charge is 0.321 e. The van der Waals surface area contributed by atoms with Gasteiger partial charge in [-0.25, -0.2) is 13.2 Å². The summed E-state index contributed by atoms with van der Waals surface area (Å²) in [6.45, 7) is 4.54. The van der Waals surface area contributed by atoms with Crippen molar-refractivity contribution in [3.05, 3.63) is 29.3 Å². The van der Waals surface area contributed by atoms with E-state index in [9.17, 15) is 18.0 Å². The van der Waals surface area contributed by atoms with Gasteiger partial charge < -0.3 is 10.2 Å². The van der Waals surface area contributed by atoms with Crippen LogP contribution in [0.3, 0.4) is 0 Å². The molecule has 3 amide bonds. The van der Waals surface area contributed by atoms with E-state index in [0.29, 0.717) is 37.6 Å². The summed E-state index contributed by atoms with van der Waals surface area (Å²) >= 11 is 0. The maximum absolute atomic E-state index is 13.0. The van der Waals surface area contributed by atoms with Crippen LogP contribution in [0.5, 0.6) is 0 Å². The maximum atomic E-state index is 13.0. The summed E-state index contributed by atoms with van der Waals surface area (Å²) in [6.07, 6.45) is 4.89. The van der Waals surface area contributed by atoms with Gasteiger partial charge >= 0.3 is 6.03 Å². The first kappa shape index (κ1) is 21.7. The zero-order chi connectivity index (χ0) is 20.9. The van der Waals surface area contributed by atoms with Crippen LogP contribution in [0.2, 0.25) is 0 Å². The molecule has 9 heteroatoms. The summed E-state index contributed by atoms with van der Waals surface area (Å²) in [5.41, 5.74) is 2.40. The summed E-state index contributed by atoms with van der Waals surface area (Å²) in [5, 5.41) is 4.98. The number of hydrogen-bond acceptors (Lipinski definition) is 4. The van der Waals surface area contributed by atoms with E-state index >= 15 is 0 Å². The molecule has 3 N–H and O–H groups in total. The molecule has 3 rings (SSSR count). The van der Waals surface area contributed by atoms with Gasteiger partial charge in [-0.3, -0.25) is 10.1 Å². The second-order valence-electron chi connectivity index (χ2n) is 7.77. The van der Waals surface area contributed by atoms with E-state index < -0.39 is 16.1 Å². The number of nitrogens with one attached hydrogen (secondary N) is 3. The van der Waals surface area contributed by atoms with Crippen molar-refractivity contribution in [2.75, 3.05) is 39.3 Å². The molecule has 1 aliphatic heterocycles. The number of imide groups is 1. The molecule has 0 spiro atoms. The average Bonchev–Trinajstić information content (AvgIpc) is 3.16. The Kier molecular flexibility index (Phi) is 7.26. The Hall–Kier alpha value is -1.97. The lowest BCUT2D eigenvalue weighted by Gasteiger charge is -2.31. The molecule has 1 saturated heterocycles. The van der Waals surface area contributed by atoms with Crippen LogP contribution in [-0.4, -0.2) is 63.9 Å². The number of carbonyl (C=O) groups is 2. The maximum Gasteiger partial charge on any atom is 0.321 e. The van der Waals surface area contributed by atoms with Crippen LogP contribution in [0.25, 0.3) is 0 Å². The quantitative estimate of drug-likeness (QED) is 0.524. The van der Waals surface area contributed by atoms with Crippen molar-refractivity contribution >= 4 is 22.0 Å². The fourth-order valence-electron chi connectivity index (χ4n) is 3.90. The summed E-state index contributed by atoms with van der Waals surface area (Å²) in [7, 11) is -3.51. The molecule has 29 heavy (non-hydrogen) atoms. The Balaban J connectivity index is 1.48. The second kappa shape index (κ2) is 9.69. The third-order valence-electron chi connectivity index (χ3n) is 5.62. The largest absolute Gasteiger partial charge is 0.338 e. The van der Waals surface area contributed by atoms with E-state index in [2.05, 4.69) is 10.6 Å². The normalized spacial score (nSPS) is 17.7. The average molecular weight is 424 g/mol. The van der Waals surface area contributed by atoms with Crippen molar-refractivity contribution in [1.82, 2.24) is 14.9 Å². The van der Waals surface area contributed by atoms with Crippen molar-refractivity contribution in [3.63, 3.8) is 0 Å². The van der Waals surface area contributed by atoms with Gasteiger partial charge in [0.2, 0.25) is 10.0 Å². The van der Waals surface area contributed by atoms with E-state index in [-0.39, 0.29) is 12.5 Å². The van der Waals surface area contributed by atoms with E-state index in [0.717, 1.165) is 42.6 Å². The van der Waals surface area contributed by atoms with Crippen LogP contribution in [-0.2, 0) is 27.7 Å². The summed E-state index contributed by atoms with van der Waals surface area (Å²) in [6, 6.07) is 5.00. The van der Waals surface area contributed by atoms with E-state index in [1.54, 1.807) is 6.07 Å².